The molecule has 2 amide bonds. The number of anilines is 3. The summed E-state index contributed by atoms with van der Waals surface area (Å²) >= 11 is 0. The quantitative estimate of drug-likeness (QED) is 0.145. The monoisotopic (exact) mass is 717 g/mol. The SMILES string of the molecule is CCOC(C)n1cc(-c2ccc3nc(N[C@@H]4CCC[C@H](N5Cc6ccc(NC(=O)OCc7ccccc7)cc6C5=O)C4)nn3c2N2CCCCC2)cn1. The Kier molecular flexibility index (Phi) is 9.98. The molecular formula is C40H47N9O4. The fraction of sp³-hybridized carbons (Fsp3) is 0.425. The van der Waals surface area contributed by atoms with Gasteiger partial charge in [0.05, 0.1) is 6.20 Å². The molecule has 1 saturated heterocycles. The van der Waals surface area contributed by atoms with Gasteiger partial charge in [0.25, 0.3) is 5.91 Å². The third kappa shape index (κ3) is 7.43. The lowest BCUT2D eigenvalue weighted by molar-refractivity contribution is 0.0160. The van der Waals surface area contributed by atoms with Crippen LogP contribution in [0.3, 0.4) is 0 Å². The summed E-state index contributed by atoms with van der Waals surface area (Å²) in [6.07, 6.45) is 10.4. The van der Waals surface area contributed by atoms with Crippen molar-refractivity contribution < 1.29 is 19.1 Å². The highest BCUT2D eigenvalue weighted by Gasteiger charge is 2.36. The molecule has 53 heavy (non-hydrogen) atoms. The third-order valence-electron chi connectivity index (χ3n) is 10.6. The number of piperidine rings is 1. The summed E-state index contributed by atoms with van der Waals surface area (Å²) in [6.45, 7) is 7.26. The molecule has 5 heterocycles. The van der Waals surface area contributed by atoms with Gasteiger partial charge in [-0.05, 0) is 94.2 Å². The standard InChI is InChI=1S/C40H47N9O4/c1-3-52-27(2)48-25-30(23-41-48)34-17-18-36-44-39(45-49(36)37(34)46-19-8-5-9-20-46)42-31-13-10-14-33(21-31)47-24-29-15-16-32(22-35(29)38(47)50)43-40(51)53-26-28-11-6-4-7-12-28/h4,6-7,11-12,15-18,22-23,25,27,31,33H,3,5,8-10,13-14,19-21,24,26H2,1-2H3,(H,42,45)(H,43,51)/t27?,31-,33+/m1/s1. The van der Waals surface area contributed by atoms with Crippen LogP contribution in [0.2, 0.25) is 0 Å². The van der Waals surface area contributed by atoms with Crippen molar-refractivity contribution >= 4 is 35.1 Å². The minimum absolute atomic E-state index is 0.00418. The van der Waals surface area contributed by atoms with Crippen LogP contribution in [0.1, 0.15) is 86.5 Å². The maximum absolute atomic E-state index is 13.8. The fourth-order valence-corrected chi connectivity index (χ4v) is 7.96. The molecule has 13 nitrogen and oxygen atoms in total. The fourth-order valence-electron chi connectivity index (χ4n) is 7.96. The molecule has 2 aliphatic heterocycles. The maximum atomic E-state index is 13.8. The van der Waals surface area contributed by atoms with Crippen molar-refractivity contribution in [1.29, 1.82) is 0 Å². The smallest absolute Gasteiger partial charge is 0.411 e. The summed E-state index contributed by atoms with van der Waals surface area (Å²) in [5.74, 6) is 1.62. The molecule has 1 saturated carbocycles. The molecule has 1 unspecified atom stereocenters. The second-order valence-corrected chi connectivity index (χ2v) is 14.2. The summed E-state index contributed by atoms with van der Waals surface area (Å²) in [5.41, 5.74) is 5.91. The first kappa shape index (κ1) is 34.6. The third-order valence-corrected chi connectivity index (χ3v) is 10.6. The number of ether oxygens (including phenoxy) is 2. The Bertz CT molecular complexity index is 2070. The summed E-state index contributed by atoms with van der Waals surface area (Å²) < 4.78 is 15.0. The number of fused-ring (bicyclic) bond motifs is 2. The van der Waals surface area contributed by atoms with Gasteiger partial charge in [0, 0.05) is 66.9 Å². The number of nitrogens with one attached hydrogen (secondary N) is 2. The van der Waals surface area contributed by atoms with E-state index in [1.165, 1.54) is 6.42 Å². The minimum Gasteiger partial charge on any atom is -0.444 e. The lowest BCUT2D eigenvalue weighted by atomic mass is 9.90. The lowest BCUT2D eigenvalue weighted by Crippen LogP contribution is -2.42. The normalized spacial score (nSPS) is 19.3. The molecule has 0 radical (unpaired) electrons. The van der Waals surface area contributed by atoms with E-state index >= 15 is 0 Å². The molecule has 3 atom stereocenters. The Morgan fingerprint density at radius 1 is 1.00 bits per heavy atom. The van der Waals surface area contributed by atoms with Crippen LogP contribution in [-0.4, -0.2) is 73.1 Å². The predicted octanol–water partition coefficient (Wildman–Crippen LogP) is 7.27. The molecule has 2 N–H and O–H groups in total. The number of aromatic nitrogens is 5. The van der Waals surface area contributed by atoms with Gasteiger partial charge in [-0.1, -0.05) is 36.4 Å². The van der Waals surface area contributed by atoms with Crippen LogP contribution in [0.5, 0.6) is 0 Å². The second-order valence-electron chi connectivity index (χ2n) is 14.2. The lowest BCUT2D eigenvalue weighted by Gasteiger charge is -2.35. The number of hydrogen-bond donors (Lipinski definition) is 2. The molecule has 3 aromatic heterocycles. The number of amides is 2. The van der Waals surface area contributed by atoms with E-state index in [1.807, 2.05) is 88.9 Å². The van der Waals surface area contributed by atoms with E-state index in [0.717, 1.165) is 85.3 Å². The predicted molar refractivity (Wildman–Crippen MR) is 203 cm³/mol. The van der Waals surface area contributed by atoms with Crippen molar-refractivity contribution in [2.45, 2.75) is 90.3 Å². The van der Waals surface area contributed by atoms with Gasteiger partial charge >= 0.3 is 6.09 Å². The van der Waals surface area contributed by atoms with Gasteiger partial charge in [-0.25, -0.2) is 9.48 Å². The Balaban J connectivity index is 0.954. The minimum atomic E-state index is -0.555. The second kappa shape index (κ2) is 15.3. The number of benzene rings is 2. The van der Waals surface area contributed by atoms with Gasteiger partial charge in [-0.2, -0.15) is 14.6 Å². The van der Waals surface area contributed by atoms with Crippen molar-refractivity contribution in [3.8, 4) is 11.1 Å². The highest BCUT2D eigenvalue weighted by Crippen LogP contribution is 2.36. The molecule has 2 fully saturated rings. The van der Waals surface area contributed by atoms with Crippen LogP contribution in [0, 0.1) is 0 Å². The van der Waals surface area contributed by atoms with Gasteiger partial charge in [0.1, 0.15) is 18.7 Å². The Hall–Kier alpha value is -5.43. The van der Waals surface area contributed by atoms with Gasteiger partial charge < -0.3 is 24.6 Å². The first-order valence-corrected chi connectivity index (χ1v) is 18.9. The zero-order valence-electron chi connectivity index (χ0n) is 30.4. The van der Waals surface area contributed by atoms with Crippen LogP contribution in [0.25, 0.3) is 16.8 Å². The molecule has 2 aromatic carbocycles. The van der Waals surface area contributed by atoms with E-state index in [-0.39, 0.29) is 30.8 Å². The zero-order valence-corrected chi connectivity index (χ0v) is 30.4. The maximum Gasteiger partial charge on any atom is 0.411 e. The molecular weight excluding hydrogens is 670 g/mol. The summed E-state index contributed by atoms with van der Waals surface area (Å²) in [6, 6.07) is 19.4. The first-order chi connectivity index (χ1) is 25.9. The van der Waals surface area contributed by atoms with Crippen molar-refractivity contribution in [1.82, 2.24) is 29.3 Å². The average Bonchev–Trinajstić information content (AvgIpc) is 3.92. The van der Waals surface area contributed by atoms with E-state index < -0.39 is 6.09 Å². The van der Waals surface area contributed by atoms with Gasteiger partial charge in [-0.3, -0.25) is 10.1 Å². The first-order valence-electron chi connectivity index (χ1n) is 18.9. The molecule has 276 valence electrons. The number of carbonyl (C=O) groups excluding carboxylic acids is 2. The molecule has 0 bridgehead atoms. The largest absolute Gasteiger partial charge is 0.444 e. The van der Waals surface area contributed by atoms with Gasteiger partial charge in [0.2, 0.25) is 5.95 Å². The van der Waals surface area contributed by atoms with Crippen LogP contribution in [0.4, 0.5) is 22.2 Å². The van der Waals surface area contributed by atoms with Crippen molar-refractivity contribution in [2.75, 3.05) is 35.2 Å². The van der Waals surface area contributed by atoms with Crippen molar-refractivity contribution in [2.24, 2.45) is 0 Å². The van der Waals surface area contributed by atoms with E-state index in [2.05, 4.69) is 26.7 Å². The topological polar surface area (TPSA) is 131 Å². The van der Waals surface area contributed by atoms with Crippen molar-refractivity contribution in [3.63, 3.8) is 0 Å². The summed E-state index contributed by atoms with van der Waals surface area (Å²) in [4.78, 5) is 35.6. The van der Waals surface area contributed by atoms with E-state index in [1.54, 1.807) is 6.07 Å². The van der Waals surface area contributed by atoms with Crippen molar-refractivity contribution in [3.05, 3.63) is 89.7 Å². The number of hydrogen-bond acceptors (Lipinski definition) is 9. The van der Waals surface area contributed by atoms with Crippen LogP contribution in [-0.2, 0) is 22.6 Å². The average molecular weight is 718 g/mol. The molecule has 3 aliphatic rings. The highest BCUT2D eigenvalue weighted by atomic mass is 16.5. The van der Waals surface area contributed by atoms with Gasteiger partial charge in [0.15, 0.2) is 5.65 Å². The molecule has 0 spiro atoms. The van der Waals surface area contributed by atoms with Crippen LogP contribution >= 0.6 is 0 Å². The number of carbonyl (C=O) groups is 2. The summed E-state index contributed by atoms with van der Waals surface area (Å²) in [5, 5.41) is 16.1. The van der Waals surface area contributed by atoms with Crippen LogP contribution < -0.4 is 15.5 Å². The van der Waals surface area contributed by atoms with E-state index in [4.69, 9.17) is 19.6 Å². The Morgan fingerprint density at radius 3 is 2.68 bits per heavy atom. The summed E-state index contributed by atoms with van der Waals surface area (Å²) in [7, 11) is 0. The van der Waals surface area contributed by atoms with Gasteiger partial charge in [-0.15, -0.1) is 5.10 Å². The van der Waals surface area contributed by atoms with E-state index in [9.17, 15) is 9.59 Å². The number of nitrogens with zero attached hydrogens (tertiary/aromatic N) is 7. The molecule has 8 rings (SSSR count). The molecule has 13 heteroatoms. The highest BCUT2D eigenvalue weighted by molar-refractivity contribution is 6.00. The zero-order chi connectivity index (χ0) is 36.3. The Labute approximate surface area is 309 Å². The number of pyridine rings is 1. The Morgan fingerprint density at radius 2 is 1.85 bits per heavy atom. The van der Waals surface area contributed by atoms with E-state index in [0.29, 0.717) is 30.4 Å². The molecule has 1 aliphatic carbocycles. The molecule has 5 aromatic rings. The number of rotatable bonds is 11. The van der Waals surface area contributed by atoms with Crippen LogP contribution in [0.15, 0.2) is 73.1 Å².